The highest BCUT2D eigenvalue weighted by molar-refractivity contribution is 6.06. The number of aromatic nitrogens is 1. The zero-order valence-electron chi connectivity index (χ0n) is 16.1. The van der Waals surface area contributed by atoms with Crippen molar-refractivity contribution in [3.63, 3.8) is 0 Å². The molecule has 8 heteroatoms. The van der Waals surface area contributed by atoms with Crippen LogP contribution in [0.3, 0.4) is 0 Å². The molecule has 0 unspecified atom stereocenters. The van der Waals surface area contributed by atoms with E-state index in [-0.39, 0.29) is 11.7 Å². The molecule has 0 spiro atoms. The molecule has 2 amide bonds. The predicted octanol–water partition coefficient (Wildman–Crippen LogP) is 2.66. The highest BCUT2D eigenvalue weighted by Crippen LogP contribution is 2.34. The van der Waals surface area contributed by atoms with Gasteiger partial charge in [-0.25, -0.2) is 14.2 Å². The minimum Gasteiger partial charge on any atom is -0.396 e. The number of nitrogens with zero attached hydrogens (tertiary/aromatic N) is 4. The maximum Gasteiger partial charge on any atom is 0.329 e. The molecule has 0 fully saturated rings. The lowest BCUT2D eigenvalue weighted by atomic mass is 10.1. The van der Waals surface area contributed by atoms with E-state index in [2.05, 4.69) is 15.2 Å². The smallest absolute Gasteiger partial charge is 0.329 e. The van der Waals surface area contributed by atoms with E-state index in [1.807, 2.05) is 20.2 Å². The molecule has 0 aliphatic carbocycles. The molecule has 0 radical (unpaired) electrons. The van der Waals surface area contributed by atoms with E-state index >= 15 is 0 Å². The van der Waals surface area contributed by atoms with Gasteiger partial charge in [-0.2, -0.15) is 0 Å². The summed E-state index contributed by atoms with van der Waals surface area (Å²) in [6, 6.07) is 4.55. The van der Waals surface area contributed by atoms with Crippen LogP contribution >= 0.6 is 0 Å². The highest BCUT2D eigenvalue weighted by Gasteiger charge is 2.30. The summed E-state index contributed by atoms with van der Waals surface area (Å²) in [5.41, 5.74) is 8.71. The van der Waals surface area contributed by atoms with Crippen LogP contribution in [0.5, 0.6) is 0 Å². The van der Waals surface area contributed by atoms with Crippen molar-refractivity contribution in [2.75, 3.05) is 55.1 Å². The molecule has 0 saturated carbocycles. The standard InChI is InChI=1S/C19H25FN6O/c1-12-7-14(20)15(21)8-16(12)26-11-13-10-23-18(22-5-6-24(2)3)9-17(13)25(4)19(26)27/h7-10H,5-6,11,21H2,1-4H3,(H,22,23). The number of nitrogens with two attached hydrogens (primary N) is 1. The Kier molecular flexibility index (Phi) is 5.18. The van der Waals surface area contributed by atoms with Crippen LogP contribution in [0.4, 0.5) is 32.1 Å². The molecule has 0 bridgehead atoms. The molecule has 0 atom stereocenters. The van der Waals surface area contributed by atoms with Crippen LogP contribution in [0, 0.1) is 12.7 Å². The van der Waals surface area contributed by atoms with Crippen molar-refractivity contribution in [1.82, 2.24) is 9.88 Å². The molecular weight excluding hydrogens is 347 g/mol. The van der Waals surface area contributed by atoms with Crippen LogP contribution in [0.25, 0.3) is 0 Å². The molecule has 144 valence electrons. The van der Waals surface area contributed by atoms with Crippen LogP contribution in [0.1, 0.15) is 11.1 Å². The molecule has 27 heavy (non-hydrogen) atoms. The maximum absolute atomic E-state index is 13.7. The summed E-state index contributed by atoms with van der Waals surface area (Å²) in [7, 11) is 5.74. The topological polar surface area (TPSA) is 77.7 Å². The quantitative estimate of drug-likeness (QED) is 0.789. The lowest BCUT2D eigenvalue weighted by molar-refractivity contribution is 0.251. The first kappa shape index (κ1) is 18.9. The third-order valence-corrected chi connectivity index (χ3v) is 4.64. The number of amides is 2. The number of hydrogen-bond donors (Lipinski definition) is 2. The number of likely N-dealkylation sites (N-methyl/N-ethyl adjacent to an activating group) is 1. The molecule has 1 aliphatic heterocycles. The monoisotopic (exact) mass is 372 g/mol. The lowest BCUT2D eigenvalue weighted by Gasteiger charge is -2.35. The second-order valence-corrected chi connectivity index (χ2v) is 7.02. The van der Waals surface area contributed by atoms with Crippen LogP contribution in [-0.2, 0) is 6.54 Å². The van der Waals surface area contributed by atoms with Crippen LogP contribution in [-0.4, -0.2) is 50.1 Å². The van der Waals surface area contributed by atoms with Gasteiger partial charge < -0.3 is 16.0 Å². The van der Waals surface area contributed by atoms with Crippen molar-refractivity contribution < 1.29 is 9.18 Å². The van der Waals surface area contributed by atoms with Gasteiger partial charge in [-0.1, -0.05) is 0 Å². The van der Waals surface area contributed by atoms with E-state index < -0.39 is 5.82 Å². The number of hydrogen-bond acceptors (Lipinski definition) is 5. The van der Waals surface area contributed by atoms with Gasteiger partial charge in [-0.15, -0.1) is 0 Å². The van der Waals surface area contributed by atoms with Crippen molar-refractivity contribution >= 4 is 28.9 Å². The van der Waals surface area contributed by atoms with E-state index in [0.717, 1.165) is 30.2 Å². The van der Waals surface area contributed by atoms with Crippen LogP contribution < -0.4 is 20.9 Å². The summed E-state index contributed by atoms with van der Waals surface area (Å²) >= 11 is 0. The van der Waals surface area contributed by atoms with E-state index in [1.165, 1.54) is 12.1 Å². The first-order valence-corrected chi connectivity index (χ1v) is 8.76. The molecule has 2 aromatic rings. The number of fused-ring (bicyclic) bond motifs is 1. The van der Waals surface area contributed by atoms with Crippen LogP contribution in [0.15, 0.2) is 24.4 Å². The Labute approximate surface area is 158 Å². The molecule has 0 saturated heterocycles. The molecule has 3 rings (SSSR count). The van der Waals surface area contributed by atoms with Crippen molar-refractivity contribution in [2.45, 2.75) is 13.5 Å². The Morgan fingerprint density at radius 3 is 2.74 bits per heavy atom. The zero-order valence-corrected chi connectivity index (χ0v) is 16.1. The van der Waals surface area contributed by atoms with Gasteiger partial charge in [0.05, 0.1) is 23.6 Å². The Morgan fingerprint density at radius 1 is 1.30 bits per heavy atom. The molecule has 3 N–H and O–H groups in total. The third kappa shape index (κ3) is 3.80. The molecule has 1 aromatic heterocycles. The van der Waals surface area contributed by atoms with Gasteiger partial charge in [0.25, 0.3) is 0 Å². The van der Waals surface area contributed by atoms with Crippen molar-refractivity contribution in [3.8, 4) is 0 Å². The van der Waals surface area contributed by atoms with Gasteiger partial charge in [-0.3, -0.25) is 9.80 Å². The first-order chi connectivity index (χ1) is 12.8. The number of carbonyl (C=O) groups is 1. The van der Waals surface area contributed by atoms with E-state index in [1.54, 1.807) is 30.0 Å². The van der Waals surface area contributed by atoms with Gasteiger partial charge in [0.15, 0.2) is 0 Å². The molecule has 1 aliphatic rings. The van der Waals surface area contributed by atoms with Gasteiger partial charge in [0.2, 0.25) is 0 Å². The fourth-order valence-electron chi connectivity index (χ4n) is 3.09. The average molecular weight is 372 g/mol. The molecule has 2 heterocycles. The molecule has 1 aromatic carbocycles. The number of benzene rings is 1. The van der Waals surface area contributed by atoms with E-state index in [9.17, 15) is 9.18 Å². The summed E-state index contributed by atoms with van der Waals surface area (Å²) in [6.07, 6.45) is 1.77. The fraction of sp³-hybridized carbons (Fsp3) is 0.368. The zero-order chi connectivity index (χ0) is 19.7. The predicted molar refractivity (Wildman–Crippen MR) is 107 cm³/mol. The fourth-order valence-corrected chi connectivity index (χ4v) is 3.09. The summed E-state index contributed by atoms with van der Waals surface area (Å²) in [6.45, 7) is 3.76. The highest BCUT2D eigenvalue weighted by atomic mass is 19.1. The van der Waals surface area contributed by atoms with Crippen molar-refractivity contribution in [2.24, 2.45) is 0 Å². The number of pyridine rings is 1. The number of aryl methyl sites for hydroxylation is 1. The Balaban J connectivity index is 1.87. The minimum absolute atomic E-state index is 0.0235. The van der Waals surface area contributed by atoms with Gasteiger partial charge >= 0.3 is 6.03 Å². The van der Waals surface area contributed by atoms with Crippen molar-refractivity contribution in [3.05, 3.63) is 41.3 Å². The van der Waals surface area contributed by atoms with Crippen molar-refractivity contribution in [1.29, 1.82) is 0 Å². The first-order valence-electron chi connectivity index (χ1n) is 8.76. The summed E-state index contributed by atoms with van der Waals surface area (Å²) < 4.78 is 13.7. The Bertz CT molecular complexity index is 870. The lowest BCUT2D eigenvalue weighted by Crippen LogP contribution is -2.45. The SMILES string of the molecule is Cc1cc(F)c(N)cc1N1Cc2cnc(NCCN(C)C)cc2N(C)C1=O. The Hall–Kier alpha value is -2.87. The van der Waals surface area contributed by atoms with Gasteiger partial charge in [0, 0.05) is 38.0 Å². The summed E-state index contributed by atoms with van der Waals surface area (Å²) in [5, 5.41) is 3.26. The third-order valence-electron chi connectivity index (χ3n) is 4.64. The number of carbonyl (C=O) groups excluding carboxylic acids is 1. The largest absolute Gasteiger partial charge is 0.396 e. The van der Waals surface area contributed by atoms with Gasteiger partial charge in [0.1, 0.15) is 11.6 Å². The van der Waals surface area contributed by atoms with E-state index in [4.69, 9.17) is 5.73 Å². The number of anilines is 4. The maximum atomic E-state index is 13.7. The number of rotatable bonds is 5. The number of nitrogen functional groups attached to an aromatic ring is 1. The normalized spacial score (nSPS) is 13.9. The number of urea groups is 1. The minimum atomic E-state index is -0.482. The van der Waals surface area contributed by atoms with E-state index in [0.29, 0.717) is 17.8 Å². The Morgan fingerprint density at radius 2 is 2.04 bits per heavy atom. The average Bonchev–Trinajstić information content (AvgIpc) is 2.61. The molecule has 7 nitrogen and oxygen atoms in total. The second-order valence-electron chi connectivity index (χ2n) is 7.02. The van der Waals surface area contributed by atoms with Crippen LogP contribution in [0.2, 0.25) is 0 Å². The second kappa shape index (κ2) is 7.40. The van der Waals surface area contributed by atoms with Gasteiger partial charge in [-0.05, 0) is 38.7 Å². The summed E-state index contributed by atoms with van der Waals surface area (Å²) in [4.78, 5) is 22.6. The summed E-state index contributed by atoms with van der Waals surface area (Å²) in [5.74, 6) is 0.246. The number of halogens is 1. The molecular formula is C19H25FN6O. The number of nitrogens with one attached hydrogen (secondary N) is 1.